The summed E-state index contributed by atoms with van der Waals surface area (Å²) in [4.78, 5) is 2.52. The minimum absolute atomic E-state index is 0.228. The van der Waals surface area contributed by atoms with Crippen molar-refractivity contribution in [3.63, 3.8) is 0 Å². The highest BCUT2D eigenvalue weighted by Gasteiger charge is 2.49. The molecule has 0 bridgehead atoms. The van der Waals surface area contributed by atoms with Gasteiger partial charge in [0.25, 0.3) is 0 Å². The fourth-order valence-corrected chi connectivity index (χ4v) is 10.9. The molecular formula is C61H43N. The summed E-state index contributed by atoms with van der Waals surface area (Å²) in [6.07, 6.45) is 10.2. The molecule has 1 heteroatoms. The predicted octanol–water partition coefficient (Wildman–Crippen LogP) is 16.4. The number of nitrogens with zero attached hydrogens (tertiary/aromatic N) is 1. The highest BCUT2D eigenvalue weighted by molar-refractivity contribution is 6.14. The summed E-state index contributed by atoms with van der Waals surface area (Å²) >= 11 is 0. The molecule has 2 unspecified atom stereocenters. The third kappa shape index (κ3) is 5.62. The molecule has 0 aromatic heterocycles. The molecule has 1 nitrogen and oxygen atoms in total. The molecule has 2 atom stereocenters. The van der Waals surface area contributed by atoms with E-state index >= 15 is 0 Å². The van der Waals surface area contributed by atoms with E-state index in [0.29, 0.717) is 0 Å². The molecule has 0 fully saturated rings. The van der Waals surface area contributed by atoms with Crippen molar-refractivity contribution in [2.75, 3.05) is 4.90 Å². The number of allylic oxidation sites excluding steroid dienone is 4. The van der Waals surface area contributed by atoms with Crippen LogP contribution in [0.4, 0.5) is 17.1 Å². The van der Waals surface area contributed by atoms with E-state index in [0.717, 1.165) is 23.5 Å². The number of hydrogen-bond donors (Lipinski definition) is 0. The second-order valence-electron chi connectivity index (χ2n) is 16.7. The zero-order valence-electron chi connectivity index (χ0n) is 34.3. The Labute approximate surface area is 363 Å². The van der Waals surface area contributed by atoms with Crippen LogP contribution >= 0.6 is 0 Å². The van der Waals surface area contributed by atoms with E-state index in [9.17, 15) is 0 Å². The van der Waals surface area contributed by atoms with Gasteiger partial charge in [-0.25, -0.2) is 0 Å². The van der Waals surface area contributed by atoms with Gasteiger partial charge in [0.15, 0.2) is 0 Å². The maximum absolute atomic E-state index is 2.52. The third-order valence-corrected chi connectivity index (χ3v) is 13.5. The third-order valence-electron chi connectivity index (χ3n) is 13.5. The van der Waals surface area contributed by atoms with Crippen LogP contribution in [0.15, 0.2) is 243 Å². The van der Waals surface area contributed by atoms with Crippen LogP contribution in [0.2, 0.25) is 0 Å². The second kappa shape index (κ2) is 14.8. The smallest absolute Gasteiger partial charge is 0.0546 e. The van der Waals surface area contributed by atoms with Crippen molar-refractivity contribution in [1.29, 1.82) is 0 Å². The van der Waals surface area contributed by atoms with Gasteiger partial charge in [-0.05, 0) is 126 Å². The first-order chi connectivity index (χ1) is 30.8. The van der Waals surface area contributed by atoms with Crippen LogP contribution in [0.5, 0.6) is 0 Å². The molecule has 10 aromatic rings. The van der Waals surface area contributed by atoms with Crippen molar-refractivity contribution < 1.29 is 0 Å². The summed E-state index contributed by atoms with van der Waals surface area (Å²) in [6.45, 7) is 0. The lowest BCUT2D eigenvalue weighted by Crippen LogP contribution is -2.35. The van der Waals surface area contributed by atoms with E-state index in [2.05, 4.69) is 248 Å². The van der Waals surface area contributed by atoms with Crippen LogP contribution in [0.25, 0.3) is 65.7 Å². The lowest BCUT2D eigenvalue weighted by Gasteiger charge is -2.40. The van der Waals surface area contributed by atoms with E-state index in [1.807, 2.05) is 0 Å². The van der Waals surface area contributed by atoms with Gasteiger partial charge >= 0.3 is 0 Å². The molecular weight excluding hydrogens is 747 g/mol. The molecule has 0 radical (unpaired) electrons. The van der Waals surface area contributed by atoms with Crippen LogP contribution in [0.1, 0.15) is 23.1 Å². The summed E-state index contributed by atoms with van der Waals surface area (Å²) < 4.78 is 0. The summed E-state index contributed by atoms with van der Waals surface area (Å²) in [6, 6.07) is 81.2. The predicted molar refractivity (Wildman–Crippen MR) is 263 cm³/mol. The van der Waals surface area contributed by atoms with Crippen LogP contribution in [0.3, 0.4) is 0 Å². The number of benzene rings is 10. The Kier molecular flexibility index (Phi) is 8.61. The lowest BCUT2D eigenvalue weighted by atomic mass is 9.62. The molecule has 2 aliphatic carbocycles. The Hall–Kier alpha value is -7.74. The molecule has 292 valence electrons. The minimum atomic E-state index is -0.395. The van der Waals surface area contributed by atoms with Gasteiger partial charge in [0.1, 0.15) is 0 Å². The van der Waals surface area contributed by atoms with Crippen LogP contribution < -0.4 is 4.90 Å². The van der Waals surface area contributed by atoms with Crippen molar-refractivity contribution >= 4 is 49.4 Å². The first-order valence-electron chi connectivity index (χ1n) is 21.8. The zero-order chi connectivity index (χ0) is 41.0. The zero-order valence-corrected chi connectivity index (χ0v) is 34.3. The van der Waals surface area contributed by atoms with Crippen molar-refractivity contribution in [3.05, 3.63) is 259 Å². The van der Waals surface area contributed by atoms with E-state index in [4.69, 9.17) is 0 Å². The molecule has 0 saturated carbocycles. The van der Waals surface area contributed by atoms with Gasteiger partial charge < -0.3 is 4.90 Å². The van der Waals surface area contributed by atoms with Crippen molar-refractivity contribution in [3.8, 4) is 33.4 Å². The number of hydrogen-bond acceptors (Lipinski definition) is 1. The van der Waals surface area contributed by atoms with Crippen LogP contribution in [-0.2, 0) is 5.41 Å². The minimum Gasteiger partial charge on any atom is -0.310 e. The van der Waals surface area contributed by atoms with E-state index < -0.39 is 5.41 Å². The standard InChI is InChI=1S/C61H43N/c1-4-20-43(21-5-1)60-51-30-13-10-19-42(51)35-38-59(60)62(48-28-18-23-44(39-48)56-40-45-22-11-12-29-50(45)52-31-14-15-32-53(52)56)49-36-37-55-54-33-16-17-34-57(54)61(58(55)41-49,46-24-6-2-7-25-46)47-26-8-3-9-27-47/h1-26,28-41,47H,27H2. The van der Waals surface area contributed by atoms with Gasteiger partial charge in [0.2, 0.25) is 0 Å². The first kappa shape index (κ1) is 36.1. The van der Waals surface area contributed by atoms with Gasteiger partial charge in [-0.15, -0.1) is 0 Å². The van der Waals surface area contributed by atoms with Gasteiger partial charge in [0.05, 0.1) is 11.1 Å². The molecule has 0 spiro atoms. The monoisotopic (exact) mass is 789 g/mol. The van der Waals surface area contributed by atoms with Gasteiger partial charge in [0, 0.05) is 16.9 Å². The molecule has 2 aliphatic rings. The Bertz CT molecular complexity index is 3390. The van der Waals surface area contributed by atoms with Crippen LogP contribution in [0, 0.1) is 5.92 Å². The largest absolute Gasteiger partial charge is 0.310 e. The highest BCUT2D eigenvalue weighted by Crippen LogP contribution is 2.59. The van der Waals surface area contributed by atoms with Gasteiger partial charge in [-0.1, -0.05) is 206 Å². The molecule has 62 heavy (non-hydrogen) atoms. The van der Waals surface area contributed by atoms with Crippen molar-refractivity contribution in [2.24, 2.45) is 5.92 Å². The second-order valence-corrected chi connectivity index (χ2v) is 16.7. The van der Waals surface area contributed by atoms with Crippen molar-refractivity contribution in [2.45, 2.75) is 11.8 Å². The summed E-state index contributed by atoms with van der Waals surface area (Å²) in [5, 5.41) is 7.48. The Morgan fingerprint density at radius 2 is 1.06 bits per heavy atom. The maximum atomic E-state index is 2.52. The average molecular weight is 790 g/mol. The molecule has 0 amide bonds. The van der Waals surface area contributed by atoms with E-state index in [-0.39, 0.29) is 5.92 Å². The molecule has 0 heterocycles. The molecule has 12 rings (SSSR count). The number of rotatable bonds is 7. The summed E-state index contributed by atoms with van der Waals surface area (Å²) in [7, 11) is 0. The van der Waals surface area contributed by atoms with E-state index in [1.54, 1.807) is 0 Å². The van der Waals surface area contributed by atoms with Gasteiger partial charge in [-0.2, -0.15) is 0 Å². The quantitative estimate of drug-likeness (QED) is 0.145. The topological polar surface area (TPSA) is 3.24 Å². The average Bonchev–Trinajstić information content (AvgIpc) is 3.65. The SMILES string of the molecule is C1=CCC(C2(c3ccccc3)c3ccccc3-c3ccc(N(c4cccc(-c5cc6ccccc6c6ccccc56)c4)c4ccc5ccccc5c4-c4ccccc4)cc32)C=C1. The van der Waals surface area contributed by atoms with Gasteiger partial charge in [-0.3, -0.25) is 0 Å². The highest BCUT2D eigenvalue weighted by atomic mass is 15.1. The molecule has 0 saturated heterocycles. The fourth-order valence-electron chi connectivity index (χ4n) is 10.9. The van der Waals surface area contributed by atoms with E-state index in [1.165, 1.54) is 82.4 Å². The molecule has 10 aromatic carbocycles. The molecule has 0 aliphatic heterocycles. The number of fused-ring (bicyclic) bond motifs is 7. The maximum Gasteiger partial charge on any atom is 0.0546 e. The Morgan fingerprint density at radius 3 is 1.89 bits per heavy atom. The van der Waals surface area contributed by atoms with Crippen molar-refractivity contribution in [1.82, 2.24) is 0 Å². The fraction of sp³-hybridized carbons (Fsp3) is 0.0492. The lowest BCUT2D eigenvalue weighted by molar-refractivity contribution is 0.457. The Balaban J connectivity index is 1.15. The Morgan fingerprint density at radius 1 is 0.403 bits per heavy atom. The number of anilines is 3. The first-order valence-corrected chi connectivity index (χ1v) is 21.8. The summed E-state index contributed by atoms with van der Waals surface area (Å²) in [5.74, 6) is 0.228. The van der Waals surface area contributed by atoms with Crippen LogP contribution in [-0.4, -0.2) is 0 Å². The summed E-state index contributed by atoms with van der Waals surface area (Å²) in [5.41, 5.74) is 14.4. The normalized spacial score (nSPS) is 16.4. The molecule has 0 N–H and O–H groups in total.